The zero-order valence-electron chi connectivity index (χ0n) is 31.8. The summed E-state index contributed by atoms with van der Waals surface area (Å²) >= 11 is 26.6. The standard InChI is InChI=1S/C18H20Cl2N4O2S.C17H20Cl2N4O2S.CH4.B.Li.H/c1-10(25)14-15(24-8-6-18(2,21)7-9-24)23-16(26)17(22-14)27-12-5-3-4-11(19)13(12)20;1-17(20)5-7-23(8-6-17)14-11(9-24)21-16(15(25)22-14)26-12-4-2-3-10(18)13(12)19;;;;/h3-5H,6-9,21H2,1-2H3,(H,23,26);2-4,24H,5-9,20H2,1H3,(H,22,25);1H4;;;/q;;;;+1;-1. The summed E-state index contributed by atoms with van der Waals surface area (Å²) < 4.78 is 0. The van der Waals surface area contributed by atoms with E-state index in [-0.39, 0.29) is 86.5 Å². The number of rotatable bonds is 8. The topological polar surface area (TPSA) is 187 Å². The van der Waals surface area contributed by atoms with Gasteiger partial charge in [0.05, 0.1) is 26.7 Å². The minimum Gasteiger partial charge on any atom is -1.00 e. The molecule has 0 spiro atoms. The van der Waals surface area contributed by atoms with Crippen LogP contribution < -0.4 is 51.2 Å². The molecule has 0 atom stereocenters. The average molecular weight is 878 g/mol. The Morgan fingerprint density at radius 2 is 1.20 bits per heavy atom. The van der Waals surface area contributed by atoms with E-state index in [0.29, 0.717) is 73.4 Å². The zero-order valence-corrected chi connectivity index (χ0v) is 35.5. The fourth-order valence-corrected chi connectivity index (χ4v) is 8.32. The number of carbonyl (C=O) groups is 1. The van der Waals surface area contributed by atoms with Crippen LogP contribution in [0.2, 0.25) is 20.1 Å². The van der Waals surface area contributed by atoms with Crippen molar-refractivity contribution in [3.63, 3.8) is 0 Å². The molecule has 2 aliphatic heterocycles. The molecule has 2 aliphatic rings. The Labute approximate surface area is 370 Å². The van der Waals surface area contributed by atoms with Gasteiger partial charge in [0, 0.05) is 62.4 Å². The number of aliphatic hydroxyl groups is 1. The minimum absolute atomic E-state index is 0. The fraction of sp³-hybridized carbons (Fsp3) is 0.417. The maximum Gasteiger partial charge on any atom is 1.00 e. The molecule has 2 saturated heterocycles. The predicted octanol–water partition coefficient (Wildman–Crippen LogP) is 4.16. The summed E-state index contributed by atoms with van der Waals surface area (Å²) in [6.07, 6.45) is 3.13. The van der Waals surface area contributed by atoms with Gasteiger partial charge in [-0.05, 0) is 63.8 Å². The number of aromatic amines is 2. The van der Waals surface area contributed by atoms with Crippen LogP contribution >= 0.6 is 69.9 Å². The second-order valence-electron chi connectivity index (χ2n) is 13.5. The third-order valence-electron chi connectivity index (χ3n) is 8.97. The first-order chi connectivity index (χ1) is 25.0. The van der Waals surface area contributed by atoms with Crippen LogP contribution in [0.3, 0.4) is 0 Å². The van der Waals surface area contributed by atoms with Crippen molar-refractivity contribution in [3.05, 3.63) is 88.6 Å². The molecule has 2 fully saturated rings. The van der Waals surface area contributed by atoms with Crippen molar-refractivity contribution < 1.29 is 30.2 Å². The van der Waals surface area contributed by atoms with Crippen molar-refractivity contribution in [2.75, 3.05) is 36.0 Å². The maximum absolute atomic E-state index is 12.6. The van der Waals surface area contributed by atoms with Crippen LogP contribution in [0.25, 0.3) is 0 Å². The number of nitrogens with one attached hydrogen (secondary N) is 2. The number of benzene rings is 2. The molecule has 12 nitrogen and oxygen atoms in total. The van der Waals surface area contributed by atoms with E-state index in [2.05, 4.69) is 19.9 Å². The molecule has 20 heteroatoms. The molecule has 0 aliphatic carbocycles. The summed E-state index contributed by atoms with van der Waals surface area (Å²) in [6.45, 7) is 7.88. The van der Waals surface area contributed by atoms with Crippen molar-refractivity contribution in [3.8, 4) is 0 Å². The quantitative estimate of drug-likeness (QED) is 0.126. The number of aliphatic hydroxyl groups excluding tert-OH is 1. The average Bonchev–Trinajstić information content (AvgIpc) is 3.10. The molecular weight excluding hydrogens is 832 g/mol. The first-order valence-electron chi connectivity index (χ1n) is 16.7. The van der Waals surface area contributed by atoms with Crippen molar-refractivity contribution in [2.24, 2.45) is 11.5 Å². The van der Waals surface area contributed by atoms with Crippen LogP contribution in [-0.4, -0.2) is 76.5 Å². The molecule has 2 aromatic carbocycles. The summed E-state index contributed by atoms with van der Waals surface area (Å²) in [4.78, 5) is 56.9. The van der Waals surface area contributed by atoms with Crippen LogP contribution in [0.1, 0.15) is 71.5 Å². The molecule has 6 rings (SSSR count). The Kier molecular flexibility index (Phi) is 19.0. The van der Waals surface area contributed by atoms with Gasteiger partial charge in [-0.2, -0.15) is 0 Å². The molecule has 4 heterocycles. The predicted molar refractivity (Wildman–Crippen MR) is 228 cm³/mol. The molecule has 3 radical (unpaired) electrons. The van der Waals surface area contributed by atoms with Crippen molar-refractivity contribution in [2.45, 2.75) is 91.4 Å². The van der Waals surface area contributed by atoms with Gasteiger partial charge in [0.1, 0.15) is 23.0 Å². The monoisotopic (exact) mass is 875 g/mol. The third-order valence-corrected chi connectivity index (χ3v) is 12.9. The smallest absolute Gasteiger partial charge is 1.00 e. The Morgan fingerprint density at radius 1 is 0.804 bits per heavy atom. The second kappa shape index (κ2) is 21.2. The van der Waals surface area contributed by atoms with Gasteiger partial charge < -0.3 is 37.8 Å². The number of H-pyrrole nitrogens is 2. The van der Waals surface area contributed by atoms with Gasteiger partial charge >= 0.3 is 18.9 Å². The third kappa shape index (κ3) is 12.4. The number of halogens is 4. The molecule has 2 aromatic heterocycles. The molecule has 0 amide bonds. The minimum atomic E-state index is -0.378. The number of nitrogens with two attached hydrogens (primary N) is 2. The van der Waals surface area contributed by atoms with Crippen LogP contribution in [0.5, 0.6) is 0 Å². The summed E-state index contributed by atoms with van der Waals surface area (Å²) in [5.74, 6) is 0.778. The SMILES string of the molecule is C.CC(=O)c1nc(Sc2cccc(Cl)c2Cl)c(=O)[nH]c1N1CCC(C)(N)CC1.CC1(N)CCN(c2[nH]c(=O)c(Sc3cccc(Cl)c3Cl)nc2CO)CC1.[B].[H-].[Li+]. The Hall–Kier alpha value is -2.13. The molecule has 0 unspecified atom stereocenters. The molecule has 0 saturated carbocycles. The largest absolute Gasteiger partial charge is 1.00 e. The number of Topliss-reactive ketones (excluding diaryl/α,β-unsaturated/α-hetero) is 1. The summed E-state index contributed by atoms with van der Waals surface area (Å²) in [7, 11) is 0. The first kappa shape index (κ1) is 50.0. The molecule has 0 bridgehead atoms. The number of hydrogen-bond donors (Lipinski definition) is 5. The number of anilines is 2. The van der Waals surface area contributed by atoms with Gasteiger partial charge in [0.25, 0.3) is 11.1 Å². The number of hydrogen-bond acceptors (Lipinski definition) is 12. The van der Waals surface area contributed by atoms with E-state index in [1.807, 2.05) is 23.6 Å². The van der Waals surface area contributed by atoms with E-state index in [4.69, 9.17) is 57.9 Å². The summed E-state index contributed by atoms with van der Waals surface area (Å²) in [5, 5.41) is 11.6. The number of ketones is 1. The maximum atomic E-state index is 12.6. The second-order valence-corrected chi connectivity index (χ2v) is 17.2. The molecule has 297 valence electrons. The summed E-state index contributed by atoms with van der Waals surface area (Å²) in [5.41, 5.74) is 11.8. The van der Waals surface area contributed by atoms with Crippen molar-refractivity contribution >= 4 is 95.8 Å². The van der Waals surface area contributed by atoms with Gasteiger partial charge in [-0.3, -0.25) is 14.4 Å². The van der Waals surface area contributed by atoms with Gasteiger partial charge in [-0.25, -0.2) is 9.97 Å². The molecule has 56 heavy (non-hydrogen) atoms. The molecule has 4 aromatic rings. The van der Waals surface area contributed by atoms with Crippen LogP contribution in [0.4, 0.5) is 11.6 Å². The first-order valence-corrected chi connectivity index (χ1v) is 19.8. The number of aromatic nitrogens is 4. The fourth-order valence-electron chi connectivity index (χ4n) is 5.69. The van der Waals surface area contributed by atoms with Crippen LogP contribution in [0, 0.1) is 0 Å². The normalized spacial score (nSPS) is 15.7. The van der Waals surface area contributed by atoms with E-state index < -0.39 is 0 Å². The van der Waals surface area contributed by atoms with E-state index in [9.17, 15) is 19.5 Å². The van der Waals surface area contributed by atoms with Gasteiger partial charge in [0.15, 0.2) is 15.8 Å². The molecular formula is C36H45BCl4LiN8O4S2. The summed E-state index contributed by atoms with van der Waals surface area (Å²) in [6, 6.07) is 10.3. The van der Waals surface area contributed by atoms with Gasteiger partial charge in [0.2, 0.25) is 0 Å². The van der Waals surface area contributed by atoms with Crippen LogP contribution in [0.15, 0.2) is 65.8 Å². The van der Waals surface area contributed by atoms with E-state index >= 15 is 0 Å². The van der Waals surface area contributed by atoms with Crippen molar-refractivity contribution in [1.82, 2.24) is 19.9 Å². The van der Waals surface area contributed by atoms with Crippen molar-refractivity contribution in [1.29, 1.82) is 0 Å². The van der Waals surface area contributed by atoms with E-state index in [1.54, 1.807) is 36.4 Å². The van der Waals surface area contributed by atoms with E-state index in [0.717, 1.165) is 49.2 Å². The Morgan fingerprint density at radius 3 is 1.61 bits per heavy atom. The molecule has 7 N–H and O–H groups in total. The number of carbonyl (C=O) groups excluding carboxylic acids is 1. The van der Waals surface area contributed by atoms with E-state index in [1.165, 1.54) is 6.92 Å². The Bertz CT molecular complexity index is 2120. The Balaban J connectivity index is 0.000000533. The van der Waals surface area contributed by atoms with Gasteiger partial charge in [-0.15, -0.1) is 0 Å². The number of piperidine rings is 2. The van der Waals surface area contributed by atoms with Gasteiger partial charge in [-0.1, -0.05) is 89.5 Å². The number of nitrogens with zero attached hydrogens (tertiary/aromatic N) is 4. The zero-order chi connectivity index (χ0) is 38.7. The van der Waals surface area contributed by atoms with Crippen LogP contribution in [-0.2, 0) is 6.61 Å².